The molecule has 0 aliphatic rings. The van der Waals surface area contributed by atoms with Crippen molar-refractivity contribution >= 4 is 5.69 Å². The second-order valence-corrected chi connectivity index (χ2v) is 5.08. The molecule has 0 radical (unpaired) electrons. The second-order valence-electron chi connectivity index (χ2n) is 5.08. The molecule has 1 aromatic carbocycles. The highest BCUT2D eigenvalue weighted by molar-refractivity contribution is 5.45. The molecule has 1 heterocycles. The van der Waals surface area contributed by atoms with Gasteiger partial charge in [0.25, 0.3) is 0 Å². The lowest BCUT2D eigenvalue weighted by atomic mass is 10.1. The van der Waals surface area contributed by atoms with E-state index in [4.69, 9.17) is 0 Å². The molecule has 0 saturated carbocycles. The van der Waals surface area contributed by atoms with Crippen molar-refractivity contribution in [2.45, 2.75) is 33.4 Å². The SMILES string of the molecule is CC(C)C(C)Nc1ccc(Cn2cccn2)cc1. The largest absolute Gasteiger partial charge is 0.382 e. The van der Waals surface area contributed by atoms with Gasteiger partial charge in [-0.2, -0.15) is 5.10 Å². The number of nitrogens with one attached hydrogen (secondary N) is 1. The molecule has 1 atom stereocenters. The zero-order chi connectivity index (χ0) is 13.0. The fraction of sp³-hybridized carbons (Fsp3) is 0.400. The maximum absolute atomic E-state index is 4.21. The minimum atomic E-state index is 0.488. The van der Waals surface area contributed by atoms with Crippen molar-refractivity contribution < 1.29 is 0 Å². The summed E-state index contributed by atoms with van der Waals surface area (Å²) in [6.45, 7) is 7.49. The summed E-state index contributed by atoms with van der Waals surface area (Å²) in [7, 11) is 0. The second kappa shape index (κ2) is 5.71. The van der Waals surface area contributed by atoms with E-state index in [0.717, 1.165) is 6.54 Å². The van der Waals surface area contributed by atoms with Crippen molar-refractivity contribution in [1.29, 1.82) is 0 Å². The molecule has 0 aliphatic carbocycles. The van der Waals surface area contributed by atoms with E-state index in [-0.39, 0.29) is 0 Å². The van der Waals surface area contributed by atoms with Gasteiger partial charge in [0, 0.05) is 24.1 Å². The van der Waals surface area contributed by atoms with Crippen LogP contribution in [0.1, 0.15) is 26.3 Å². The molecule has 2 rings (SSSR count). The van der Waals surface area contributed by atoms with Crippen molar-refractivity contribution in [1.82, 2.24) is 9.78 Å². The first-order chi connectivity index (χ1) is 8.65. The Labute approximate surface area is 109 Å². The van der Waals surface area contributed by atoms with Crippen LogP contribution >= 0.6 is 0 Å². The Morgan fingerprint density at radius 2 is 1.89 bits per heavy atom. The van der Waals surface area contributed by atoms with E-state index in [1.807, 2.05) is 16.9 Å². The molecule has 0 bridgehead atoms. The van der Waals surface area contributed by atoms with Gasteiger partial charge >= 0.3 is 0 Å². The van der Waals surface area contributed by atoms with Crippen LogP contribution in [0.5, 0.6) is 0 Å². The van der Waals surface area contributed by atoms with Gasteiger partial charge in [-0.25, -0.2) is 0 Å². The number of hydrogen-bond donors (Lipinski definition) is 1. The van der Waals surface area contributed by atoms with Gasteiger partial charge in [-0.15, -0.1) is 0 Å². The van der Waals surface area contributed by atoms with Crippen molar-refractivity contribution in [2.24, 2.45) is 5.92 Å². The monoisotopic (exact) mass is 243 g/mol. The molecular formula is C15H21N3. The first-order valence-electron chi connectivity index (χ1n) is 6.48. The third kappa shape index (κ3) is 3.36. The zero-order valence-corrected chi connectivity index (χ0v) is 11.3. The molecule has 0 spiro atoms. The van der Waals surface area contributed by atoms with Gasteiger partial charge in [-0.3, -0.25) is 4.68 Å². The summed E-state index contributed by atoms with van der Waals surface area (Å²) in [6, 6.07) is 11.0. The predicted molar refractivity (Wildman–Crippen MR) is 75.7 cm³/mol. The van der Waals surface area contributed by atoms with Gasteiger partial charge in [-0.1, -0.05) is 26.0 Å². The topological polar surface area (TPSA) is 29.9 Å². The number of benzene rings is 1. The molecule has 3 heteroatoms. The standard InChI is InChI=1S/C15H21N3/c1-12(2)13(3)17-15-7-5-14(6-8-15)11-18-10-4-9-16-18/h4-10,12-13,17H,11H2,1-3H3. The quantitative estimate of drug-likeness (QED) is 0.872. The Morgan fingerprint density at radius 1 is 1.17 bits per heavy atom. The van der Waals surface area contributed by atoms with Crippen LogP contribution in [0.3, 0.4) is 0 Å². The summed E-state index contributed by atoms with van der Waals surface area (Å²) in [5.74, 6) is 0.633. The molecule has 18 heavy (non-hydrogen) atoms. The fourth-order valence-corrected chi connectivity index (χ4v) is 1.72. The van der Waals surface area contributed by atoms with E-state index in [2.05, 4.69) is 55.5 Å². The summed E-state index contributed by atoms with van der Waals surface area (Å²) in [6.07, 6.45) is 3.78. The Morgan fingerprint density at radius 3 is 2.44 bits per heavy atom. The Bertz CT molecular complexity index is 457. The lowest BCUT2D eigenvalue weighted by molar-refractivity contribution is 0.560. The van der Waals surface area contributed by atoms with Crippen LogP contribution in [0.25, 0.3) is 0 Å². The van der Waals surface area contributed by atoms with Crippen molar-refractivity contribution in [3.8, 4) is 0 Å². The van der Waals surface area contributed by atoms with Crippen LogP contribution in [0.4, 0.5) is 5.69 Å². The summed E-state index contributed by atoms with van der Waals surface area (Å²) in [4.78, 5) is 0. The highest BCUT2D eigenvalue weighted by Gasteiger charge is 2.06. The Balaban J connectivity index is 1.97. The summed E-state index contributed by atoms with van der Waals surface area (Å²) in [5.41, 5.74) is 2.45. The number of hydrogen-bond acceptors (Lipinski definition) is 2. The van der Waals surface area contributed by atoms with Gasteiger partial charge < -0.3 is 5.32 Å². The molecule has 0 saturated heterocycles. The zero-order valence-electron chi connectivity index (χ0n) is 11.3. The van der Waals surface area contributed by atoms with Crippen LogP contribution < -0.4 is 5.32 Å². The summed E-state index contributed by atoms with van der Waals surface area (Å²) in [5, 5.41) is 7.71. The molecule has 0 amide bonds. The van der Waals surface area contributed by atoms with Crippen LogP contribution in [-0.4, -0.2) is 15.8 Å². The average molecular weight is 243 g/mol. The van der Waals surface area contributed by atoms with Crippen LogP contribution in [-0.2, 0) is 6.54 Å². The van der Waals surface area contributed by atoms with Crippen LogP contribution in [0, 0.1) is 5.92 Å². The first kappa shape index (κ1) is 12.7. The van der Waals surface area contributed by atoms with Crippen molar-refractivity contribution in [3.05, 3.63) is 48.3 Å². The van der Waals surface area contributed by atoms with Gasteiger partial charge in [0.1, 0.15) is 0 Å². The maximum Gasteiger partial charge on any atom is 0.0659 e. The Hall–Kier alpha value is -1.77. The number of aromatic nitrogens is 2. The van der Waals surface area contributed by atoms with Gasteiger partial charge in [0.15, 0.2) is 0 Å². The van der Waals surface area contributed by atoms with E-state index in [1.165, 1.54) is 11.3 Å². The summed E-state index contributed by atoms with van der Waals surface area (Å²) < 4.78 is 1.93. The fourth-order valence-electron chi connectivity index (χ4n) is 1.72. The lowest BCUT2D eigenvalue weighted by Crippen LogP contribution is -2.21. The predicted octanol–water partition coefficient (Wildman–Crippen LogP) is 3.39. The molecule has 0 aliphatic heterocycles. The highest BCUT2D eigenvalue weighted by Crippen LogP contribution is 2.14. The molecule has 1 aromatic heterocycles. The minimum absolute atomic E-state index is 0.488. The van der Waals surface area contributed by atoms with E-state index in [1.54, 1.807) is 6.20 Å². The van der Waals surface area contributed by atoms with Crippen LogP contribution in [0.15, 0.2) is 42.7 Å². The highest BCUT2D eigenvalue weighted by atomic mass is 15.3. The van der Waals surface area contributed by atoms with E-state index in [9.17, 15) is 0 Å². The number of nitrogens with zero attached hydrogens (tertiary/aromatic N) is 2. The molecule has 96 valence electrons. The molecular weight excluding hydrogens is 222 g/mol. The average Bonchev–Trinajstić information content (AvgIpc) is 2.84. The first-order valence-corrected chi connectivity index (χ1v) is 6.48. The van der Waals surface area contributed by atoms with E-state index in [0.29, 0.717) is 12.0 Å². The molecule has 3 nitrogen and oxygen atoms in total. The summed E-state index contributed by atoms with van der Waals surface area (Å²) >= 11 is 0. The van der Waals surface area contributed by atoms with Crippen LogP contribution in [0.2, 0.25) is 0 Å². The normalized spacial score (nSPS) is 12.7. The third-order valence-corrected chi connectivity index (χ3v) is 3.25. The minimum Gasteiger partial charge on any atom is -0.382 e. The van der Waals surface area contributed by atoms with Crippen molar-refractivity contribution in [2.75, 3.05) is 5.32 Å². The molecule has 2 aromatic rings. The molecule has 1 N–H and O–H groups in total. The van der Waals surface area contributed by atoms with Gasteiger partial charge in [0.05, 0.1) is 6.54 Å². The molecule has 0 fully saturated rings. The number of rotatable bonds is 5. The molecule has 1 unspecified atom stereocenters. The van der Waals surface area contributed by atoms with E-state index < -0.39 is 0 Å². The smallest absolute Gasteiger partial charge is 0.0659 e. The van der Waals surface area contributed by atoms with E-state index >= 15 is 0 Å². The van der Waals surface area contributed by atoms with Gasteiger partial charge in [0.2, 0.25) is 0 Å². The number of anilines is 1. The Kier molecular flexibility index (Phi) is 4.03. The third-order valence-electron chi connectivity index (χ3n) is 3.25. The lowest BCUT2D eigenvalue weighted by Gasteiger charge is -2.18. The maximum atomic E-state index is 4.21. The van der Waals surface area contributed by atoms with Crippen molar-refractivity contribution in [3.63, 3.8) is 0 Å². The van der Waals surface area contributed by atoms with Gasteiger partial charge in [-0.05, 0) is 36.6 Å².